The van der Waals surface area contributed by atoms with Gasteiger partial charge in [-0.05, 0) is 24.3 Å². The quantitative estimate of drug-likeness (QED) is 0.560. The molecule has 0 unspecified atom stereocenters. The van der Waals surface area contributed by atoms with Gasteiger partial charge in [-0.1, -0.05) is 5.16 Å². The molecule has 4 rings (SSSR count). The van der Waals surface area contributed by atoms with Crippen molar-refractivity contribution in [1.29, 1.82) is 0 Å². The van der Waals surface area contributed by atoms with E-state index in [1.165, 1.54) is 18.4 Å². The van der Waals surface area contributed by atoms with Crippen LogP contribution in [-0.2, 0) is 6.54 Å². The highest BCUT2D eigenvalue weighted by molar-refractivity contribution is 5.93. The Morgan fingerprint density at radius 1 is 1.15 bits per heavy atom. The summed E-state index contributed by atoms with van der Waals surface area (Å²) in [6, 6.07) is 9.62. The molecule has 0 saturated heterocycles. The van der Waals surface area contributed by atoms with Gasteiger partial charge >= 0.3 is 0 Å². The van der Waals surface area contributed by atoms with Gasteiger partial charge in [-0.2, -0.15) is 5.10 Å². The number of nitrogens with one attached hydrogen (secondary N) is 2. The Hall–Kier alpha value is -3.75. The molecule has 4 aromatic rings. The fourth-order valence-corrected chi connectivity index (χ4v) is 2.47. The lowest BCUT2D eigenvalue weighted by molar-refractivity contribution is 0.0945. The van der Waals surface area contributed by atoms with Crippen molar-refractivity contribution < 1.29 is 22.5 Å². The maximum atomic E-state index is 13.8. The number of amides is 1. The second-order valence-electron chi connectivity index (χ2n) is 5.63. The van der Waals surface area contributed by atoms with Crippen molar-refractivity contribution >= 4 is 5.91 Å². The van der Waals surface area contributed by atoms with Gasteiger partial charge in [-0.25, -0.2) is 8.78 Å². The number of rotatable bonds is 5. The smallest absolute Gasteiger partial charge is 0.272 e. The average molecular weight is 370 g/mol. The van der Waals surface area contributed by atoms with Crippen LogP contribution in [0, 0.1) is 11.6 Å². The Morgan fingerprint density at radius 3 is 2.81 bits per heavy atom. The first-order valence-electron chi connectivity index (χ1n) is 7.88. The molecule has 9 heteroatoms. The highest BCUT2D eigenvalue weighted by Crippen LogP contribution is 2.24. The number of aromatic nitrogens is 3. The lowest BCUT2D eigenvalue weighted by Crippen LogP contribution is -2.23. The number of hydrogen-bond acceptors (Lipinski definition) is 5. The first-order valence-corrected chi connectivity index (χ1v) is 7.88. The molecule has 0 atom stereocenters. The van der Waals surface area contributed by atoms with Gasteiger partial charge < -0.3 is 14.3 Å². The monoisotopic (exact) mass is 370 g/mol. The molecule has 0 bridgehead atoms. The van der Waals surface area contributed by atoms with E-state index >= 15 is 0 Å². The zero-order chi connectivity index (χ0) is 18.8. The van der Waals surface area contributed by atoms with Crippen LogP contribution < -0.4 is 5.32 Å². The highest BCUT2D eigenvalue weighted by atomic mass is 19.1. The number of aromatic amines is 1. The van der Waals surface area contributed by atoms with Gasteiger partial charge in [0.2, 0.25) is 0 Å². The van der Waals surface area contributed by atoms with E-state index < -0.39 is 17.5 Å². The summed E-state index contributed by atoms with van der Waals surface area (Å²) in [6.07, 6.45) is 1.52. The molecule has 7 nitrogen and oxygen atoms in total. The Balaban J connectivity index is 1.42. The fraction of sp³-hybridized carbons (Fsp3) is 0.0556. The summed E-state index contributed by atoms with van der Waals surface area (Å²) in [4.78, 5) is 12.2. The van der Waals surface area contributed by atoms with Crippen molar-refractivity contribution in [1.82, 2.24) is 20.7 Å². The van der Waals surface area contributed by atoms with Crippen LogP contribution in [0.4, 0.5) is 8.78 Å². The van der Waals surface area contributed by atoms with Crippen LogP contribution >= 0.6 is 0 Å². The summed E-state index contributed by atoms with van der Waals surface area (Å²) >= 11 is 0. The number of nitrogens with zero attached hydrogens (tertiary/aromatic N) is 2. The summed E-state index contributed by atoms with van der Waals surface area (Å²) in [5.74, 6) is -1.18. The second kappa shape index (κ2) is 6.87. The third kappa shape index (κ3) is 3.47. The van der Waals surface area contributed by atoms with Gasteiger partial charge in [0.1, 0.15) is 23.0 Å². The SMILES string of the molecule is O=C(NCc1cc(-c2ccc(F)cc2F)on1)c1cc(-c2ccco2)[nH]n1. The Labute approximate surface area is 151 Å². The van der Waals surface area contributed by atoms with Crippen LogP contribution in [0.3, 0.4) is 0 Å². The van der Waals surface area contributed by atoms with E-state index in [1.54, 1.807) is 18.2 Å². The minimum atomic E-state index is -0.760. The zero-order valence-electron chi connectivity index (χ0n) is 13.7. The maximum absolute atomic E-state index is 13.8. The van der Waals surface area contributed by atoms with Crippen molar-refractivity contribution in [3.63, 3.8) is 0 Å². The standard InChI is InChI=1S/C18H12F2N4O3/c19-10-3-4-12(13(20)6-10)17-7-11(24-27-17)9-21-18(25)15-8-14(22-23-15)16-2-1-5-26-16/h1-8H,9H2,(H,21,25)(H,22,23). The molecule has 0 fully saturated rings. The van der Waals surface area contributed by atoms with E-state index in [2.05, 4.69) is 20.7 Å². The molecular weight excluding hydrogens is 358 g/mol. The summed E-state index contributed by atoms with van der Waals surface area (Å²) in [6.45, 7) is 0.0497. The van der Waals surface area contributed by atoms with Gasteiger partial charge in [0.05, 0.1) is 18.4 Å². The van der Waals surface area contributed by atoms with Crippen molar-refractivity contribution in [2.45, 2.75) is 6.54 Å². The Kier molecular flexibility index (Phi) is 4.25. The molecule has 3 aromatic heterocycles. The van der Waals surface area contributed by atoms with Crippen LogP contribution in [0.25, 0.3) is 22.8 Å². The molecule has 3 heterocycles. The predicted molar refractivity (Wildman–Crippen MR) is 89.3 cm³/mol. The molecule has 2 N–H and O–H groups in total. The van der Waals surface area contributed by atoms with Crippen LogP contribution in [0.2, 0.25) is 0 Å². The lowest BCUT2D eigenvalue weighted by Gasteiger charge is -1.99. The van der Waals surface area contributed by atoms with Gasteiger partial charge in [-0.3, -0.25) is 9.89 Å². The molecule has 0 aliphatic heterocycles. The van der Waals surface area contributed by atoms with Crippen molar-refractivity contribution in [3.05, 3.63) is 71.8 Å². The first-order chi connectivity index (χ1) is 13.1. The second-order valence-corrected chi connectivity index (χ2v) is 5.63. The molecule has 0 aliphatic rings. The van der Waals surface area contributed by atoms with Gasteiger partial charge in [-0.15, -0.1) is 0 Å². The minimum Gasteiger partial charge on any atom is -0.463 e. The molecule has 136 valence electrons. The Bertz CT molecular complexity index is 1090. The first kappa shape index (κ1) is 16.7. The van der Waals surface area contributed by atoms with Crippen molar-refractivity contribution in [2.24, 2.45) is 0 Å². The van der Waals surface area contributed by atoms with E-state index in [1.807, 2.05) is 0 Å². The number of furan rings is 1. The lowest BCUT2D eigenvalue weighted by atomic mass is 10.1. The summed E-state index contributed by atoms with van der Waals surface area (Å²) < 4.78 is 37.1. The van der Waals surface area contributed by atoms with Gasteiger partial charge in [0.25, 0.3) is 5.91 Å². The van der Waals surface area contributed by atoms with Gasteiger partial charge in [0, 0.05) is 18.2 Å². The molecule has 27 heavy (non-hydrogen) atoms. The summed E-state index contributed by atoms with van der Waals surface area (Å²) in [5, 5.41) is 13.1. The highest BCUT2D eigenvalue weighted by Gasteiger charge is 2.15. The van der Waals surface area contributed by atoms with E-state index in [0.29, 0.717) is 17.1 Å². The minimum absolute atomic E-state index is 0.0497. The number of carbonyl (C=O) groups is 1. The maximum Gasteiger partial charge on any atom is 0.272 e. The van der Waals surface area contributed by atoms with Crippen LogP contribution in [0.1, 0.15) is 16.2 Å². The average Bonchev–Trinajstić information content (AvgIpc) is 3.39. The van der Waals surface area contributed by atoms with Crippen molar-refractivity contribution in [3.8, 4) is 22.8 Å². The summed E-state index contributed by atoms with van der Waals surface area (Å²) in [5.41, 5.74) is 1.20. The normalized spacial score (nSPS) is 10.9. The molecule has 0 radical (unpaired) electrons. The van der Waals surface area contributed by atoms with Crippen LogP contribution in [0.15, 0.2) is 57.7 Å². The third-order valence-corrected chi connectivity index (χ3v) is 3.78. The fourth-order valence-electron chi connectivity index (χ4n) is 2.47. The number of H-pyrrole nitrogens is 1. The number of halogens is 2. The van der Waals surface area contributed by atoms with Crippen molar-refractivity contribution in [2.75, 3.05) is 0 Å². The topological polar surface area (TPSA) is 97.0 Å². The van der Waals surface area contributed by atoms with Crippen LogP contribution in [-0.4, -0.2) is 21.3 Å². The van der Waals surface area contributed by atoms with Gasteiger partial charge in [0.15, 0.2) is 17.2 Å². The third-order valence-electron chi connectivity index (χ3n) is 3.78. The zero-order valence-corrected chi connectivity index (χ0v) is 13.7. The van der Waals surface area contributed by atoms with E-state index in [4.69, 9.17) is 8.94 Å². The number of benzene rings is 1. The number of hydrogen-bond donors (Lipinski definition) is 2. The van der Waals surface area contributed by atoms with Crippen LogP contribution in [0.5, 0.6) is 0 Å². The summed E-state index contributed by atoms with van der Waals surface area (Å²) in [7, 11) is 0. The van der Waals surface area contributed by atoms with E-state index in [0.717, 1.165) is 12.1 Å². The molecule has 0 spiro atoms. The van der Waals surface area contributed by atoms with E-state index in [9.17, 15) is 13.6 Å². The molecular formula is C18H12F2N4O3. The molecule has 0 aliphatic carbocycles. The predicted octanol–water partition coefficient (Wildman–Crippen LogP) is 3.53. The molecule has 1 aromatic carbocycles. The molecule has 1 amide bonds. The Morgan fingerprint density at radius 2 is 2.04 bits per heavy atom. The van der Waals surface area contributed by atoms with E-state index in [-0.39, 0.29) is 23.6 Å². The largest absolute Gasteiger partial charge is 0.463 e. The number of carbonyl (C=O) groups excluding carboxylic acids is 1. The molecule has 0 saturated carbocycles.